The molecule has 0 unspecified atom stereocenters. The van der Waals surface area contributed by atoms with E-state index in [1.54, 1.807) is 24.8 Å². The third-order valence-corrected chi connectivity index (χ3v) is 3.63. The van der Waals surface area contributed by atoms with Gasteiger partial charge in [-0.3, -0.25) is 9.98 Å². The van der Waals surface area contributed by atoms with Crippen molar-refractivity contribution in [3.8, 4) is 0 Å². The number of hydrogen-bond donors (Lipinski definition) is 2. The molecule has 2 aromatic heterocycles. The van der Waals surface area contributed by atoms with E-state index in [-0.39, 0.29) is 0 Å². The van der Waals surface area contributed by atoms with Crippen molar-refractivity contribution in [3.05, 3.63) is 71.8 Å². The zero-order valence-corrected chi connectivity index (χ0v) is 12.5. The summed E-state index contributed by atoms with van der Waals surface area (Å²) in [7, 11) is 0. The van der Waals surface area contributed by atoms with Gasteiger partial charge in [-0.2, -0.15) is 0 Å². The monoisotopic (exact) mass is 290 g/mol. The minimum atomic E-state index is 0.610. The lowest BCUT2D eigenvalue weighted by Gasteiger charge is -1.98. The van der Waals surface area contributed by atoms with Crippen LogP contribution < -0.4 is 5.73 Å². The Labute approximate surface area is 129 Å². The molecule has 22 heavy (non-hydrogen) atoms. The molecule has 0 saturated heterocycles. The zero-order valence-electron chi connectivity index (χ0n) is 12.5. The quantitative estimate of drug-likeness (QED) is 0.723. The lowest BCUT2D eigenvalue weighted by molar-refractivity contribution is 1.07. The van der Waals surface area contributed by atoms with E-state index in [0.29, 0.717) is 6.54 Å². The molecule has 3 rings (SSSR count). The van der Waals surface area contributed by atoms with Crippen molar-refractivity contribution in [2.24, 2.45) is 10.7 Å². The summed E-state index contributed by atoms with van der Waals surface area (Å²) in [6.45, 7) is 2.71. The summed E-state index contributed by atoms with van der Waals surface area (Å²) in [6.07, 6.45) is 6.92. The molecule has 0 bridgehead atoms. The summed E-state index contributed by atoms with van der Waals surface area (Å²) < 4.78 is 0. The highest BCUT2D eigenvalue weighted by Gasteiger charge is 2.05. The first-order valence-corrected chi connectivity index (χ1v) is 7.17. The number of hydrogen-bond acceptors (Lipinski definition) is 3. The molecule has 4 heteroatoms. The van der Waals surface area contributed by atoms with Gasteiger partial charge in [-0.1, -0.05) is 12.1 Å². The van der Waals surface area contributed by atoms with Crippen LogP contribution in [0.4, 0.5) is 0 Å². The topological polar surface area (TPSA) is 67.1 Å². The van der Waals surface area contributed by atoms with Crippen LogP contribution in [0.5, 0.6) is 0 Å². The van der Waals surface area contributed by atoms with Gasteiger partial charge < -0.3 is 10.7 Å². The molecular weight excluding hydrogens is 272 g/mol. The Morgan fingerprint density at radius 3 is 2.82 bits per heavy atom. The Morgan fingerprint density at radius 2 is 2.09 bits per heavy atom. The number of pyridine rings is 1. The number of nitrogens with one attached hydrogen (secondary N) is 1. The van der Waals surface area contributed by atoms with Gasteiger partial charge >= 0.3 is 0 Å². The fraction of sp³-hybridized carbons (Fsp3) is 0.111. The van der Waals surface area contributed by atoms with Crippen LogP contribution >= 0.6 is 0 Å². The molecule has 0 amide bonds. The highest BCUT2D eigenvalue weighted by atomic mass is 14.7. The van der Waals surface area contributed by atoms with E-state index in [1.807, 2.05) is 18.2 Å². The number of H-pyrrole nitrogens is 1. The van der Waals surface area contributed by atoms with E-state index in [0.717, 1.165) is 22.3 Å². The van der Waals surface area contributed by atoms with Gasteiger partial charge in [0, 0.05) is 47.0 Å². The van der Waals surface area contributed by atoms with Gasteiger partial charge in [0.1, 0.15) is 0 Å². The Kier molecular flexibility index (Phi) is 4.01. The van der Waals surface area contributed by atoms with Crippen LogP contribution in [0.25, 0.3) is 16.5 Å². The molecule has 1 aromatic carbocycles. The lowest BCUT2D eigenvalue weighted by Crippen LogP contribution is -1.92. The van der Waals surface area contributed by atoms with Crippen molar-refractivity contribution in [1.29, 1.82) is 0 Å². The van der Waals surface area contributed by atoms with Crippen LogP contribution in [-0.2, 0) is 6.54 Å². The molecule has 0 aliphatic carbocycles. The van der Waals surface area contributed by atoms with E-state index >= 15 is 0 Å². The number of nitrogens with two attached hydrogens (primary N) is 1. The Morgan fingerprint density at radius 1 is 1.27 bits per heavy atom. The summed E-state index contributed by atoms with van der Waals surface area (Å²) in [4.78, 5) is 11.8. The Hall–Kier alpha value is -2.88. The molecule has 0 spiro atoms. The van der Waals surface area contributed by atoms with E-state index in [9.17, 15) is 0 Å². The summed E-state index contributed by atoms with van der Waals surface area (Å²) >= 11 is 0. The summed E-state index contributed by atoms with van der Waals surface area (Å²) in [6, 6.07) is 12.2. The van der Waals surface area contributed by atoms with Gasteiger partial charge in [-0.15, -0.1) is 0 Å². The summed E-state index contributed by atoms with van der Waals surface area (Å²) in [5.41, 5.74) is 11.1. The number of aliphatic imine (C=N–C) groups is 1. The first kappa shape index (κ1) is 14.1. The van der Waals surface area contributed by atoms with Crippen molar-refractivity contribution in [1.82, 2.24) is 9.97 Å². The second-order valence-corrected chi connectivity index (χ2v) is 5.17. The fourth-order valence-corrected chi connectivity index (χ4v) is 2.40. The van der Waals surface area contributed by atoms with E-state index < -0.39 is 0 Å². The fourth-order valence-electron chi connectivity index (χ4n) is 2.40. The van der Waals surface area contributed by atoms with E-state index in [2.05, 4.69) is 40.1 Å². The molecule has 3 N–H and O–H groups in total. The minimum Gasteiger partial charge on any atom is -0.404 e. The molecule has 2 heterocycles. The molecule has 0 aliphatic heterocycles. The Balaban J connectivity index is 1.83. The smallest absolute Gasteiger partial charge is 0.0641 e. The van der Waals surface area contributed by atoms with Crippen LogP contribution in [0.3, 0.4) is 0 Å². The van der Waals surface area contributed by atoms with Crippen LogP contribution in [0.1, 0.15) is 16.8 Å². The molecule has 0 fully saturated rings. The number of aryl methyl sites for hydroxylation is 1. The molecular formula is C18H18N4. The molecule has 0 saturated carbocycles. The third-order valence-electron chi connectivity index (χ3n) is 3.63. The maximum atomic E-state index is 5.76. The zero-order chi connectivity index (χ0) is 15.4. The Bertz CT molecular complexity index is 829. The number of aromatic nitrogens is 2. The minimum absolute atomic E-state index is 0.610. The van der Waals surface area contributed by atoms with Gasteiger partial charge in [0.05, 0.1) is 6.54 Å². The second kappa shape index (κ2) is 6.26. The number of nitrogens with zero attached hydrogens (tertiary/aromatic N) is 2. The molecule has 110 valence electrons. The van der Waals surface area contributed by atoms with Crippen LogP contribution in [0.2, 0.25) is 0 Å². The standard InChI is InChI=1S/C18H18N4/c1-13-3-2-4-17-16(13)9-18(22-17)15(10-19)12-21-11-14-5-7-20-8-6-14/h2-10,12,22H,11,19H2,1H3/b15-10+,21-12?. The molecule has 0 atom stereocenters. The summed E-state index contributed by atoms with van der Waals surface area (Å²) in [5, 5.41) is 1.21. The van der Waals surface area contributed by atoms with Crippen molar-refractivity contribution in [3.63, 3.8) is 0 Å². The highest BCUT2D eigenvalue weighted by Crippen LogP contribution is 2.22. The van der Waals surface area contributed by atoms with E-state index in [4.69, 9.17) is 5.73 Å². The molecule has 3 aromatic rings. The number of allylic oxidation sites excluding steroid dienone is 1. The first-order chi connectivity index (χ1) is 10.8. The normalized spacial score (nSPS) is 12.3. The molecule has 4 nitrogen and oxygen atoms in total. The van der Waals surface area contributed by atoms with Gasteiger partial charge in [0.15, 0.2) is 0 Å². The van der Waals surface area contributed by atoms with Crippen molar-refractivity contribution in [2.75, 3.05) is 0 Å². The molecule has 0 aliphatic rings. The van der Waals surface area contributed by atoms with Crippen molar-refractivity contribution in [2.45, 2.75) is 13.5 Å². The third kappa shape index (κ3) is 2.91. The predicted octanol–water partition coefficient (Wildman–Crippen LogP) is 3.44. The van der Waals surface area contributed by atoms with Crippen LogP contribution in [0, 0.1) is 6.92 Å². The number of benzene rings is 1. The second-order valence-electron chi connectivity index (χ2n) is 5.17. The number of aromatic amines is 1. The van der Waals surface area contributed by atoms with Crippen molar-refractivity contribution < 1.29 is 0 Å². The summed E-state index contributed by atoms with van der Waals surface area (Å²) in [5.74, 6) is 0. The average Bonchev–Trinajstić information content (AvgIpc) is 2.98. The maximum Gasteiger partial charge on any atom is 0.0641 e. The lowest BCUT2D eigenvalue weighted by atomic mass is 10.1. The van der Waals surface area contributed by atoms with E-state index in [1.165, 1.54) is 10.9 Å². The van der Waals surface area contributed by atoms with Gasteiger partial charge in [-0.25, -0.2) is 0 Å². The van der Waals surface area contributed by atoms with Crippen molar-refractivity contribution >= 4 is 22.7 Å². The largest absolute Gasteiger partial charge is 0.404 e. The number of rotatable bonds is 4. The SMILES string of the molecule is Cc1cccc2[nH]c(/C(C=NCc3ccncc3)=C/N)cc12. The predicted molar refractivity (Wildman–Crippen MR) is 91.6 cm³/mol. The van der Waals surface area contributed by atoms with Gasteiger partial charge in [-0.05, 0) is 42.3 Å². The van der Waals surface area contributed by atoms with Crippen LogP contribution in [-0.4, -0.2) is 16.2 Å². The maximum absolute atomic E-state index is 5.76. The average molecular weight is 290 g/mol. The van der Waals surface area contributed by atoms with Gasteiger partial charge in [0.2, 0.25) is 0 Å². The van der Waals surface area contributed by atoms with Gasteiger partial charge in [0.25, 0.3) is 0 Å². The molecule has 0 radical (unpaired) electrons. The van der Waals surface area contributed by atoms with Crippen LogP contribution in [0.15, 0.2) is 60.0 Å². The highest BCUT2D eigenvalue weighted by molar-refractivity contribution is 6.10. The first-order valence-electron chi connectivity index (χ1n) is 7.17. The number of fused-ring (bicyclic) bond motifs is 1.